The maximum atomic E-state index is 12.7. The molecule has 0 saturated carbocycles. The summed E-state index contributed by atoms with van der Waals surface area (Å²) in [5.41, 5.74) is 2.89. The number of amides is 1. The molecule has 6 nitrogen and oxygen atoms in total. The Kier molecular flexibility index (Phi) is 5.89. The number of methoxy groups -OCH3 is 1. The third kappa shape index (κ3) is 4.75. The van der Waals surface area contributed by atoms with Crippen molar-refractivity contribution in [1.29, 1.82) is 0 Å². The molecular weight excluding hydrogens is 388 g/mol. The molecule has 0 aliphatic carbocycles. The molecule has 3 aromatic rings. The van der Waals surface area contributed by atoms with Gasteiger partial charge in [-0.05, 0) is 55.3 Å². The maximum absolute atomic E-state index is 12.7. The lowest BCUT2D eigenvalue weighted by Gasteiger charge is -2.16. The van der Waals surface area contributed by atoms with Crippen LogP contribution >= 0.6 is 0 Å². The number of nitrogens with one attached hydrogen (secondary N) is 2. The summed E-state index contributed by atoms with van der Waals surface area (Å²) in [6.45, 7) is 3.61. The zero-order chi connectivity index (χ0) is 21.0. The minimum Gasteiger partial charge on any atom is -0.494 e. The van der Waals surface area contributed by atoms with Crippen LogP contribution in [0.1, 0.15) is 21.5 Å². The second kappa shape index (κ2) is 8.36. The van der Waals surface area contributed by atoms with Gasteiger partial charge in [0.05, 0.1) is 17.7 Å². The number of carbonyl (C=O) groups excluding carboxylic acids is 1. The summed E-state index contributed by atoms with van der Waals surface area (Å²) in [6, 6.07) is 18.7. The van der Waals surface area contributed by atoms with E-state index in [1.54, 1.807) is 55.5 Å². The molecule has 0 unspecified atom stereocenters. The molecule has 0 heterocycles. The van der Waals surface area contributed by atoms with Crippen molar-refractivity contribution in [1.82, 2.24) is 0 Å². The Bertz CT molecular complexity index is 1140. The second-order valence-electron chi connectivity index (χ2n) is 6.61. The Labute approximate surface area is 170 Å². The molecule has 0 spiro atoms. The van der Waals surface area contributed by atoms with Gasteiger partial charge in [-0.25, -0.2) is 8.42 Å². The first-order valence-electron chi connectivity index (χ1n) is 8.94. The Morgan fingerprint density at radius 3 is 2.28 bits per heavy atom. The third-order valence-electron chi connectivity index (χ3n) is 4.37. The first-order valence-corrected chi connectivity index (χ1v) is 10.4. The zero-order valence-corrected chi connectivity index (χ0v) is 17.2. The van der Waals surface area contributed by atoms with Gasteiger partial charge in [0.15, 0.2) is 0 Å². The molecule has 0 saturated heterocycles. The van der Waals surface area contributed by atoms with Crippen LogP contribution in [0.25, 0.3) is 0 Å². The average Bonchev–Trinajstić information content (AvgIpc) is 2.70. The summed E-state index contributed by atoms with van der Waals surface area (Å²) in [6.07, 6.45) is 0. The first kappa shape index (κ1) is 20.4. The molecule has 3 rings (SSSR count). The fourth-order valence-corrected chi connectivity index (χ4v) is 4.01. The second-order valence-corrected chi connectivity index (χ2v) is 8.29. The Balaban J connectivity index is 1.89. The highest BCUT2D eigenvalue weighted by Crippen LogP contribution is 2.33. The van der Waals surface area contributed by atoms with Crippen LogP contribution in [0.4, 0.5) is 11.4 Å². The Hall–Kier alpha value is -3.32. The molecule has 0 radical (unpaired) electrons. The van der Waals surface area contributed by atoms with Gasteiger partial charge in [-0.2, -0.15) is 0 Å². The van der Waals surface area contributed by atoms with E-state index in [1.807, 2.05) is 19.1 Å². The van der Waals surface area contributed by atoms with Gasteiger partial charge < -0.3 is 10.1 Å². The van der Waals surface area contributed by atoms with Crippen LogP contribution in [0, 0.1) is 13.8 Å². The third-order valence-corrected chi connectivity index (χ3v) is 5.74. The van der Waals surface area contributed by atoms with Gasteiger partial charge in [-0.15, -0.1) is 0 Å². The maximum Gasteiger partial charge on any atom is 0.262 e. The summed E-state index contributed by atoms with van der Waals surface area (Å²) >= 11 is 0. The monoisotopic (exact) mass is 410 g/mol. The van der Waals surface area contributed by atoms with Crippen LogP contribution in [-0.2, 0) is 10.0 Å². The number of hydrogen-bond donors (Lipinski definition) is 2. The predicted octanol–water partition coefficient (Wildman–Crippen LogP) is 4.37. The summed E-state index contributed by atoms with van der Waals surface area (Å²) in [5, 5.41) is 2.83. The van der Waals surface area contributed by atoms with Crippen LogP contribution in [-0.4, -0.2) is 21.4 Å². The van der Waals surface area contributed by atoms with Gasteiger partial charge in [0, 0.05) is 17.3 Å². The number of carbonyl (C=O) groups is 1. The van der Waals surface area contributed by atoms with Crippen molar-refractivity contribution in [3.8, 4) is 5.75 Å². The van der Waals surface area contributed by atoms with Gasteiger partial charge in [-0.3, -0.25) is 9.52 Å². The van der Waals surface area contributed by atoms with E-state index in [-0.39, 0.29) is 10.8 Å². The van der Waals surface area contributed by atoms with Crippen molar-refractivity contribution in [3.63, 3.8) is 0 Å². The van der Waals surface area contributed by atoms with Crippen molar-refractivity contribution in [2.45, 2.75) is 18.7 Å². The van der Waals surface area contributed by atoms with E-state index in [0.29, 0.717) is 28.3 Å². The quantitative estimate of drug-likeness (QED) is 0.632. The Morgan fingerprint density at radius 1 is 0.897 bits per heavy atom. The number of anilines is 2. The fourth-order valence-electron chi connectivity index (χ4n) is 2.84. The Morgan fingerprint density at radius 2 is 1.62 bits per heavy atom. The molecule has 7 heteroatoms. The lowest BCUT2D eigenvalue weighted by molar-refractivity contribution is 0.102. The van der Waals surface area contributed by atoms with Crippen molar-refractivity contribution in [3.05, 3.63) is 83.4 Å². The van der Waals surface area contributed by atoms with Crippen LogP contribution in [0.2, 0.25) is 0 Å². The molecule has 150 valence electrons. The number of ether oxygens (including phenoxy) is 1. The van der Waals surface area contributed by atoms with Gasteiger partial charge in [0.25, 0.3) is 15.9 Å². The smallest absolute Gasteiger partial charge is 0.262 e. The highest BCUT2D eigenvalue weighted by molar-refractivity contribution is 7.92. The molecule has 2 N–H and O–H groups in total. The number of benzene rings is 3. The largest absolute Gasteiger partial charge is 0.494 e. The lowest BCUT2D eigenvalue weighted by atomic mass is 10.1. The van der Waals surface area contributed by atoms with E-state index in [0.717, 1.165) is 5.56 Å². The molecule has 1 amide bonds. The van der Waals surface area contributed by atoms with E-state index in [1.165, 1.54) is 13.2 Å². The van der Waals surface area contributed by atoms with E-state index >= 15 is 0 Å². The van der Waals surface area contributed by atoms with Gasteiger partial charge in [0.1, 0.15) is 5.75 Å². The molecule has 0 aromatic heterocycles. The van der Waals surface area contributed by atoms with Crippen LogP contribution < -0.4 is 14.8 Å². The molecular formula is C22H22N2O4S. The molecule has 29 heavy (non-hydrogen) atoms. The first-order chi connectivity index (χ1) is 13.8. The van der Waals surface area contributed by atoms with Gasteiger partial charge in [0.2, 0.25) is 0 Å². The number of rotatable bonds is 6. The standard InChI is InChI=1S/C22H22N2O4S/c1-15-8-7-11-18(12-15)29(26,27)24-20-13-16(2)19(14-21(20)28-3)23-22(25)17-9-5-4-6-10-17/h4-14,24H,1-3H3,(H,23,25). The van der Waals surface area contributed by atoms with Crippen LogP contribution in [0.5, 0.6) is 5.75 Å². The van der Waals surface area contributed by atoms with E-state index < -0.39 is 10.0 Å². The highest BCUT2D eigenvalue weighted by Gasteiger charge is 2.18. The van der Waals surface area contributed by atoms with E-state index in [9.17, 15) is 13.2 Å². The van der Waals surface area contributed by atoms with Gasteiger partial charge in [-0.1, -0.05) is 30.3 Å². The molecule has 0 fully saturated rings. The predicted molar refractivity (Wildman–Crippen MR) is 114 cm³/mol. The van der Waals surface area contributed by atoms with Crippen molar-refractivity contribution >= 4 is 27.3 Å². The highest BCUT2D eigenvalue weighted by atomic mass is 32.2. The summed E-state index contributed by atoms with van der Waals surface area (Å²) in [7, 11) is -2.34. The number of hydrogen-bond acceptors (Lipinski definition) is 4. The van der Waals surface area contributed by atoms with Crippen LogP contribution in [0.15, 0.2) is 71.6 Å². The fraction of sp³-hybridized carbons (Fsp3) is 0.136. The average molecular weight is 410 g/mol. The number of aryl methyl sites for hydroxylation is 2. The van der Waals surface area contributed by atoms with Crippen molar-refractivity contribution in [2.75, 3.05) is 17.1 Å². The topological polar surface area (TPSA) is 84.5 Å². The molecule has 0 bridgehead atoms. The summed E-state index contributed by atoms with van der Waals surface area (Å²) in [4.78, 5) is 12.6. The molecule has 0 aliphatic rings. The minimum atomic E-state index is -3.78. The molecule has 0 aliphatic heterocycles. The SMILES string of the molecule is COc1cc(NC(=O)c2ccccc2)c(C)cc1NS(=O)(=O)c1cccc(C)c1. The van der Waals surface area contributed by atoms with Crippen molar-refractivity contribution in [2.24, 2.45) is 0 Å². The number of sulfonamides is 1. The summed E-state index contributed by atoms with van der Waals surface area (Å²) in [5.74, 6) is 0.0408. The van der Waals surface area contributed by atoms with Crippen molar-refractivity contribution < 1.29 is 17.9 Å². The molecule has 3 aromatic carbocycles. The van der Waals surface area contributed by atoms with Crippen LogP contribution in [0.3, 0.4) is 0 Å². The van der Waals surface area contributed by atoms with Gasteiger partial charge >= 0.3 is 0 Å². The van der Waals surface area contributed by atoms with E-state index in [4.69, 9.17) is 4.74 Å². The normalized spacial score (nSPS) is 11.0. The lowest BCUT2D eigenvalue weighted by Crippen LogP contribution is -2.15. The zero-order valence-electron chi connectivity index (χ0n) is 16.4. The minimum absolute atomic E-state index is 0.165. The summed E-state index contributed by atoms with van der Waals surface area (Å²) < 4.78 is 33.4. The van der Waals surface area contributed by atoms with E-state index in [2.05, 4.69) is 10.0 Å². The molecule has 0 atom stereocenters.